The van der Waals surface area contributed by atoms with Gasteiger partial charge < -0.3 is 5.32 Å². The lowest BCUT2D eigenvalue weighted by molar-refractivity contribution is 0.275. The molecule has 1 aromatic heterocycles. The van der Waals surface area contributed by atoms with E-state index in [9.17, 15) is 0 Å². The van der Waals surface area contributed by atoms with E-state index in [0.717, 1.165) is 12.0 Å². The first-order chi connectivity index (χ1) is 8.25. The molecule has 0 aromatic carbocycles. The van der Waals surface area contributed by atoms with Gasteiger partial charge in [-0.25, -0.2) is 0 Å². The molecule has 2 unspecified atom stereocenters. The Morgan fingerprint density at radius 2 is 2.24 bits per heavy atom. The highest BCUT2D eigenvalue weighted by Gasteiger charge is 2.35. The van der Waals surface area contributed by atoms with Crippen LogP contribution in [0.5, 0.6) is 0 Å². The molecular weight excluding hydrogens is 228 g/mol. The molecule has 2 fully saturated rings. The standard InChI is InChI=1S/C14H22N2S/c1-10-6-8-17-14(10)13-11(5-7-16(13)2)9-15-12-3-4-12/h6,8,11-13,15H,3-5,7,9H2,1-2H3. The molecule has 3 rings (SSSR count). The minimum atomic E-state index is 0.654. The van der Waals surface area contributed by atoms with E-state index in [1.165, 1.54) is 37.9 Å². The number of likely N-dealkylation sites (tertiary alicyclic amines) is 1. The van der Waals surface area contributed by atoms with Gasteiger partial charge in [0.1, 0.15) is 0 Å². The van der Waals surface area contributed by atoms with Crippen LogP contribution in [0.25, 0.3) is 0 Å². The van der Waals surface area contributed by atoms with Gasteiger partial charge in [0.05, 0.1) is 0 Å². The van der Waals surface area contributed by atoms with Crippen molar-refractivity contribution in [2.45, 2.75) is 38.3 Å². The Morgan fingerprint density at radius 3 is 2.88 bits per heavy atom. The molecule has 2 atom stereocenters. The number of aryl methyl sites for hydroxylation is 1. The van der Waals surface area contributed by atoms with E-state index in [4.69, 9.17) is 0 Å². The zero-order valence-corrected chi connectivity index (χ0v) is 11.6. The first kappa shape index (κ1) is 11.7. The molecule has 1 saturated heterocycles. The summed E-state index contributed by atoms with van der Waals surface area (Å²) in [7, 11) is 2.28. The summed E-state index contributed by atoms with van der Waals surface area (Å²) in [6, 6.07) is 3.75. The molecule has 0 radical (unpaired) electrons. The van der Waals surface area contributed by atoms with Gasteiger partial charge in [-0.05, 0) is 62.7 Å². The van der Waals surface area contributed by atoms with Crippen LogP contribution in [0.3, 0.4) is 0 Å². The molecule has 1 saturated carbocycles. The maximum absolute atomic E-state index is 3.71. The molecule has 1 aliphatic heterocycles. The Kier molecular flexibility index (Phi) is 3.24. The highest BCUT2D eigenvalue weighted by Crippen LogP contribution is 2.40. The highest BCUT2D eigenvalue weighted by atomic mass is 32.1. The van der Waals surface area contributed by atoms with Crippen LogP contribution < -0.4 is 5.32 Å². The van der Waals surface area contributed by atoms with Crippen molar-refractivity contribution < 1.29 is 0 Å². The summed E-state index contributed by atoms with van der Waals surface area (Å²) in [4.78, 5) is 4.13. The third kappa shape index (κ3) is 2.42. The number of hydrogen-bond donors (Lipinski definition) is 1. The van der Waals surface area contributed by atoms with E-state index in [2.05, 4.69) is 35.6 Å². The van der Waals surface area contributed by atoms with Gasteiger partial charge in [-0.3, -0.25) is 4.90 Å². The van der Waals surface area contributed by atoms with Gasteiger partial charge in [0.25, 0.3) is 0 Å². The average molecular weight is 250 g/mol. The molecule has 0 bridgehead atoms. The highest BCUT2D eigenvalue weighted by molar-refractivity contribution is 7.10. The Bertz CT molecular complexity index is 383. The summed E-state index contributed by atoms with van der Waals surface area (Å²) in [6.07, 6.45) is 4.13. The van der Waals surface area contributed by atoms with Crippen molar-refractivity contribution in [2.24, 2.45) is 5.92 Å². The van der Waals surface area contributed by atoms with E-state index >= 15 is 0 Å². The van der Waals surface area contributed by atoms with Gasteiger partial charge in [0.2, 0.25) is 0 Å². The Labute approximate surface area is 108 Å². The topological polar surface area (TPSA) is 15.3 Å². The molecule has 0 amide bonds. The van der Waals surface area contributed by atoms with Crippen molar-refractivity contribution in [3.8, 4) is 0 Å². The predicted molar refractivity (Wildman–Crippen MR) is 73.6 cm³/mol. The predicted octanol–water partition coefficient (Wildman–Crippen LogP) is 2.80. The third-order valence-electron chi connectivity index (χ3n) is 4.19. The van der Waals surface area contributed by atoms with Crippen LogP contribution in [-0.2, 0) is 0 Å². The Hall–Kier alpha value is -0.380. The minimum absolute atomic E-state index is 0.654. The number of nitrogens with zero attached hydrogens (tertiary/aromatic N) is 1. The molecule has 2 aliphatic rings. The minimum Gasteiger partial charge on any atom is -0.314 e. The molecule has 1 aliphatic carbocycles. The largest absolute Gasteiger partial charge is 0.314 e. The Morgan fingerprint density at radius 1 is 1.41 bits per heavy atom. The monoisotopic (exact) mass is 250 g/mol. The molecular formula is C14H22N2S. The smallest absolute Gasteiger partial charge is 0.0481 e. The van der Waals surface area contributed by atoms with Crippen molar-refractivity contribution in [1.82, 2.24) is 10.2 Å². The Balaban J connectivity index is 1.71. The number of hydrogen-bond acceptors (Lipinski definition) is 3. The quantitative estimate of drug-likeness (QED) is 0.884. The molecule has 0 spiro atoms. The second-order valence-corrected chi connectivity index (χ2v) is 6.57. The van der Waals surface area contributed by atoms with Crippen molar-refractivity contribution in [3.05, 3.63) is 21.9 Å². The first-order valence-corrected chi connectivity index (χ1v) is 7.61. The zero-order valence-electron chi connectivity index (χ0n) is 10.8. The molecule has 2 nitrogen and oxygen atoms in total. The van der Waals surface area contributed by atoms with Crippen LogP contribution in [0.15, 0.2) is 11.4 Å². The molecule has 1 aromatic rings. The van der Waals surface area contributed by atoms with Gasteiger partial charge in [-0.2, -0.15) is 0 Å². The molecule has 94 valence electrons. The normalized spacial score (nSPS) is 30.0. The second-order valence-electron chi connectivity index (χ2n) is 5.62. The number of nitrogens with one attached hydrogen (secondary N) is 1. The fourth-order valence-corrected chi connectivity index (χ4v) is 4.13. The summed E-state index contributed by atoms with van der Waals surface area (Å²) in [5.41, 5.74) is 1.48. The van der Waals surface area contributed by atoms with Crippen molar-refractivity contribution in [2.75, 3.05) is 20.1 Å². The fraction of sp³-hybridized carbons (Fsp3) is 0.714. The van der Waals surface area contributed by atoms with E-state index in [-0.39, 0.29) is 0 Å². The van der Waals surface area contributed by atoms with Gasteiger partial charge in [0.15, 0.2) is 0 Å². The van der Waals surface area contributed by atoms with Gasteiger partial charge in [0, 0.05) is 23.5 Å². The summed E-state index contributed by atoms with van der Waals surface area (Å²) < 4.78 is 0. The van der Waals surface area contributed by atoms with Crippen LogP contribution >= 0.6 is 11.3 Å². The van der Waals surface area contributed by atoms with Gasteiger partial charge in [-0.1, -0.05) is 0 Å². The summed E-state index contributed by atoms with van der Waals surface area (Å²) in [5, 5.41) is 5.95. The van der Waals surface area contributed by atoms with E-state index < -0.39 is 0 Å². The number of rotatable bonds is 4. The maximum Gasteiger partial charge on any atom is 0.0481 e. The van der Waals surface area contributed by atoms with Crippen LogP contribution in [-0.4, -0.2) is 31.1 Å². The summed E-state index contributed by atoms with van der Waals surface area (Å²) in [5.74, 6) is 0.804. The average Bonchev–Trinajstić information content (AvgIpc) is 2.95. The van der Waals surface area contributed by atoms with E-state index in [1.807, 2.05) is 11.3 Å². The lowest BCUT2D eigenvalue weighted by Crippen LogP contribution is -2.29. The van der Waals surface area contributed by atoms with Crippen molar-refractivity contribution in [1.29, 1.82) is 0 Å². The zero-order chi connectivity index (χ0) is 11.8. The van der Waals surface area contributed by atoms with E-state index in [0.29, 0.717) is 6.04 Å². The molecule has 1 N–H and O–H groups in total. The van der Waals surface area contributed by atoms with Crippen LogP contribution in [0.1, 0.15) is 35.7 Å². The van der Waals surface area contributed by atoms with Crippen LogP contribution in [0.4, 0.5) is 0 Å². The van der Waals surface area contributed by atoms with E-state index in [1.54, 1.807) is 4.88 Å². The lowest BCUT2D eigenvalue weighted by Gasteiger charge is -2.25. The van der Waals surface area contributed by atoms with Crippen molar-refractivity contribution in [3.63, 3.8) is 0 Å². The van der Waals surface area contributed by atoms with Gasteiger partial charge >= 0.3 is 0 Å². The van der Waals surface area contributed by atoms with Crippen LogP contribution in [0, 0.1) is 12.8 Å². The summed E-state index contributed by atoms with van der Waals surface area (Å²) >= 11 is 1.93. The van der Waals surface area contributed by atoms with Crippen LogP contribution in [0.2, 0.25) is 0 Å². The number of thiophene rings is 1. The molecule has 17 heavy (non-hydrogen) atoms. The second kappa shape index (κ2) is 4.71. The third-order valence-corrected chi connectivity index (χ3v) is 5.28. The maximum atomic E-state index is 3.71. The first-order valence-electron chi connectivity index (χ1n) is 6.73. The van der Waals surface area contributed by atoms with Gasteiger partial charge in [-0.15, -0.1) is 11.3 Å². The SMILES string of the molecule is Cc1ccsc1C1C(CNC2CC2)CCN1C. The fourth-order valence-electron chi connectivity index (χ4n) is 2.95. The molecule has 3 heteroatoms. The van der Waals surface area contributed by atoms with Crippen molar-refractivity contribution >= 4 is 11.3 Å². The molecule has 2 heterocycles. The summed E-state index contributed by atoms with van der Waals surface area (Å²) in [6.45, 7) is 4.71. The lowest BCUT2D eigenvalue weighted by atomic mass is 9.97.